The number of ether oxygens (including phenoxy) is 1. The number of piperazine rings is 1. The number of nitrogens with one attached hydrogen (secondary N) is 1. The van der Waals surface area contributed by atoms with Gasteiger partial charge in [-0.3, -0.25) is 15.0 Å². The van der Waals surface area contributed by atoms with Gasteiger partial charge < -0.3 is 15.2 Å². The number of rotatable bonds is 4. The number of methoxy groups -OCH3 is 1. The van der Waals surface area contributed by atoms with Crippen LogP contribution in [0.5, 0.6) is 11.5 Å². The van der Waals surface area contributed by atoms with E-state index >= 15 is 0 Å². The summed E-state index contributed by atoms with van der Waals surface area (Å²) in [5, 5.41) is 24.6. The molecule has 9 heteroatoms. The maximum absolute atomic E-state index is 11.3. The average molecular weight is 396 g/mol. The SMILES string of the molecule is COc1cc([C@@H](N2CCNCC2)C(C)(C)C)cc([N+](=O)[O-])c1O.Cl.Cl. The maximum Gasteiger partial charge on any atom is 0.314 e. The van der Waals surface area contributed by atoms with Gasteiger partial charge in [0.15, 0.2) is 5.75 Å². The number of nitro benzene ring substituents is 1. The molecule has 0 aromatic heterocycles. The molecule has 0 bridgehead atoms. The Balaban J connectivity index is 0.00000288. The fraction of sp³-hybridized carbons (Fsp3) is 0.625. The molecule has 0 aliphatic carbocycles. The van der Waals surface area contributed by atoms with Gasteiger partial charge in [-0.05, 0) is 17.0 Å². The molecule has 25 heavy (non-hydrogen) atoms. The summed E-state index contributed by atoms with van der Waals surface area (Å²) in [5.74, 6) is -0.284. The van der Waals surface area contributed by atoms with Gasteiger partial charge in [0.2, 0.25) is 5.75 Å². The zero-order chi connectivity index (χ0) is 17.2. The second-order valence-electron chi connectivity index (χ2n) is 6.90. The number of hydrogen-bond donors (Lipinski definition) is 2. The van der Waals surface area contributed by atoms with E-state index in [0.717, 1.165) is 31.7 Å². The topological polar surface area (TPSA) is 87.9 Å². The standard InChI is InChI=1S/C16H25N3O4.2ClH/c1-16(2,3)15(18-7-5-17-6-8-18)11-9-12(19(21)22)14(20)13(10-11)23-4;;/h9-10,15,17,20H,5-8H2,1-4H3;2*1H/t15-;;/m1../s1. The number of aromatic hydroxyl groups is 1. The first-order valence-corrected chi connectivity index (χ1v) is 7.75. The Hall–Kier alpha value is -1.28. The molecule has 0 unspecified atom stereocenters. The molecule has 1 aliphatic heterocycles. The number of phenolic OH excluding ortho intramolecular Hbond substituents is 1. The number of halogens is 2. The van der Waals surface area contributed by atoms with Gasteiger partial charge in [0.05, 0.1) is 12.0 Å². The van der Waals surface area contributed by atoms with Gasteiger partial charge in [0.1, 0.15) is 0 Å². The van der Waals surface area contributed by atoms with Crippen LogP contribution in [0.25, 0.3) is 0 Å². The van der Waals surface area contributed by atoms with E-state index in [9.17, 15) is 15.2 Å². The van der Waals surface area contributed by atoms with Crippen molar-refractivity contribution in [3.63, 3.8) is 0 Å². The zero-order valence-corrected chi connectivity index (χ0v) is 16.6. The average Bonchev–Trinajstić information content (AvgIpc) is 2.48. The lowest BCUT2D eigenvalue weighted by molar-refractivity contribution is -0.386. The molecule has 7 nitrogen and oxygen atoms in total. The van der Waals surface area contributed by atoms with E-state index < -0.39 is 10.7 Å². The van der Waals surface area contributed by atoms with Crippen molar-refractivity contribution in [2.24, 2.45) is 5.41 Å². The predicted octanol–water partition coefficient (Wildman–Crippen LogP) is 3.15. The Morgan fingerprint density at radius 2 is 1.84 bits per heavy atom. The highest BCUT2D eigenvalue weighted by Gasteiger charge is 2.35. The summed E-state index contributed by atoms with van der Waals surface area (Å²) in [4.78, 5) is 13.0. The van der Waals surface area contributed by atoms with Crippen LogP contribution in [0, 0.1) is 15.5 Å². The van der Waals surface area contributed by atoms with Gasteiger partial charge in [-0.1, -0.05) is 20.8 Å². The molecular formula is C16H27Cl2N3O4. The molecule has 144 valence electrons. The third kappa shape index (κ3) is 5.34. The van der Waals surface area contributed by atoms with Crippen molar-refractivity contribution in [2.45, 2.75) is 26.8 Å². The van der Waals surface area contributed by atoms with Crippen molar-refractivity contribution in [3.8, 4) is 11.5 Å². The van der Waals surface area contributed by atoms with Crippen LogP contribution in [0.1, 0.15) is 32.4 Å². The monoisotopic (exact) mass is 395 g/mol. The first-order chi connectivity index (χ1) is 10.8. The zero-order valence-electron chi connectivity index (χ0n) is 14.9. The summed E-state index contributed by atoms with van der Waals surface area (Å²) < 4.78 is 5.14. The Morgan fingerprint density at radius 1 is 1.28 bits per heavy atom. The number of phenols is 1. The Kier molecular flexibility index (Phi) is 8.94. The van der Waals surface area contributed by atoms with E-state index in [4.69, 9.17) is 4.74 Å². The summed E-state index contributed by atoms with van der Waals surface area (Å²) in [6.07, 6.45) is 0. The van der Waals surface area contributed by atoms with E-state index in [1.807, 2.05) is 0 Å². The van der Waals surface area contributed by atoms with Crippen LogP contribution in [0.4, 0.5) is 5.69 Å². The van der Waals surface area contributed by atoms with Crippen molar-refractivity contribution in [1.82, 2.24) is 10.2 Å². The molecule has 1 aromatic rings. The third-order valence-electron chi connectivity index (χ3n) is 4.15. The minimum absolute atomic E-state index is 0. The van der Waals surface area contributed by atoms with E-state index in [2.05, 4.69) is 31.0 Å². The fourth-order valence-electron chi connectivity index (χ4n) is 3.27. The first-order valence-electron chi connectivity index (χ1n) is 7.75. The first kappa shape index (κ1) is 23.7. The number of hydrogen-bond acceptors (Lipinski definition) is 6. The van der Waals surface area contributed by atoms with Crippen molar-refractivity contribution >= 4 is 30.5 Å². The molecule has 0 saturated carbocycles. The molecular weight excluding hydrogens is 369 g/mol. The van der Waals surface area contributed by atoms with Crippen molar-refractivity contribution in [1.29, 1.82) is 0 Å². The van der Waals surface area contributed by atoms with Crippen LogP contribution >= 0.6 is 24.8 Å². The molecule has 1 aromatic carbocycles. The Bertz CT molecular complexity index is 587. The summed E-state index contributed by atoms with van der Waals surface area (Å²) in [7, 11) is 1.40. The maximum atomic E-state index is 11.3. The summed E-state index contributed by atoms with van der Waals surface area (Å²) in [6.45, 7) is 9.88. The highest BCUT2D eigenvalue weighted by Crippen LogP contribution is 2.44. The molecule has 2 rings (SSSR count). The minimum Gasteiger partial charge on any atom is -0.500 e. The van der Waals surface area contributed by atoms with Crippen molar-refractivity contribution in [3.05, 3.63) is 27.8 Å². The lowest BCUT2D eigenvalue weighted by Crippen LogP contribution is -2.48. The second kappa shape index (κ2) is 9.43. The summed E-state index contributed by atoms with van der Waals surface area (Å²) in [6, 6.07) is 3.17. The largest absolute Gasteiger partial charge is 0.500 e. The molecule has 0 spiro atoms. The molecule has 1 aliphatic rings. The van der Waals surface area contributed by atoms with Crippen molar-refractivity contribution < 1.29 is 14.8 Å². The highest BCUT2D eigenvalue weighted by molar-refractivity contribution is 5.85. The van der Waals surface area contributed by atoms with Crippen LogP contribution in [-0.4, -0.2) is 48.2 Å². The number of nitro groups is 1. The van der Waals surface area contributed by atoms with Gasteiger partial charge in [-0.2, -0.15) is 0 Å². The number of benzene rings is 1. The Morgan fingerprint density at radius 3 is 2.28 bits per heavy atom. The van der Waals surface area contributed by atoms with Gasteiger partial charge in [-0.15, -0.1) is 24.8 Å². The van der Waals surface area contributed by atoms with E-state index in [-0.39, 0.29) is 47.7 Å². The van der Waals surface area contributed by atoms with Crippen LogP contribution in [0.2, 0.25) is 0 Å². The quantitative estimate of drug-likeness (QED) is 0.601. The van der Waals surface area contributed by atoms with Crippen LogP contribution in [0.15, 0.2) is 12.1 Å². The van der Waals surface area contributed by atoms with Crippen LogP contribution in [-0.2, 0) is 0 Å². The molecule has 1 saturated heterocycles. The van der Waals surface area contributed by atoms with Gasteiger partial charge in [0.25, 0.3) is 0 Å². The molecule has 0 amide bonds. The van der Waals surface area contributed by atoms with Gasteiger partial charge in [-0.25, -0.2) is 0 Å². The third-order valence-corrected chi connectivity index (χ3v) is 4.15. The smallest absolute Gasteiger partial charge is 0.314 e. The van der Waals surface area contributed by atoms with Crippen LogP contribution in [0.3, 0.4) is 0 Å². The molecule has 1 heterocycles. The molecule has 1 atom stereocenters. The Labute approximate surface area is 160 Å². The number of nitrogens with zero attached hydrogens (tertiary/aromatic N) is 2. The minimum atomic E-state index is -0.571. The lowest BCUT2D eigenvalue weighted by atomic mass is 9.80. The predicted molar refractivity (Wildman–Crippen MR) is 102 cm³/mol. The summed E-state index contributed by atoms with van der Waals surface area (Å²) in [5.41, 5.74) is 0.359. The van der Waals surface area contributed by atoms with E-state index in [0.29, 0.717) is 0 Å². The van der Waals surface area contributed by atoms with Gasteiger partial charge in [0, 0.05) is 38.3 Å². The lowest BCUT2D eigenvalue weighted by Gasteiger charge is -2.42. The molecule has 1 fully saturated rings. The fourth-order valence-corrected chi connectivity index (χ4v) is 3.27. The van der Waals surface area contributed by atoms with Crippen molar-refractivity contribution in [2.75, 3.05) is 33.3 Å². The van der Waals surface area contributed by atoms with Crippen LogP contribution < -0.4 is 10.1 Å². The molecule has 0 radical (unpaired) electrons. The summed E-state index contributed by atoms with van der Waals surface area (Å²) >= 11 is 0. The van der Waals surface area contributed by atoms with Gasteiger partial charge >= 0.3 is 5.69 Å². The van der Waals surface area contributed by atoms with E-state index in [1.165, 1.54) is 13.2 Å². The second-order valence-corrected chi connectivity index (χ2v) is 6.90. The van der Waals surface area contributed by atoms with E-state index in [1.54, 1.807) is 6.07 Å². The molecule has 2 N–H and O–H groups in total. The highest BCUT2D eigenvalue weighted by atomic mass is 35.5. The normalized spacial score (nSPS) is 16.3.